The SMILES string of the molecule is Oc1cccc2cccnc12.c1c[nH]cn1. The minimum Gasteiger partial charge on any atom is -0.506 e. The highest BCUT2D eigenvalue weighted by molar-refractivity contribution is 5.83. The van der Waals surface area contributed by atoms with Gasteiger partial charge < -0.3 is 10.1 Å². The average molecular weight is 213 g/mol. The lowest BCUT2D eigenvalue weighted by molar-refractivity contribution is 0.480. The highest BCUT2D eigenvalue weighted by Gasteiger charge is 1.96. The van der Waals surface area contributed by atoms with Gasteiger partial charge in [0.1, 0.15) is 11.3 Å². The second-order valence-corrected chi connectivity index (χ2v) is 3.11. The van der Waals surface area contributed by atoms with Crippen molar-refractivity contribution in [2.75, 3.05) is 0 Å². The average Bonchev–Trinajstić information content (AvgIpc) is 2.88. The third-order valence-corrected chi connectivity index (χ3v) is 2.02. The van der Waals surface area contributed by atoms with Gasteiger partial charge in [0.15, 0.2) is 0 Å². The highest BCUT2D eigenvalue weighted by atomic mass is 16.3. The smallest absolute Gasteiger partial charge is 0.141 e. The monoisotopic (exact) mass is 213 g/mol. The number of aromatic hydroxyl groups is 1. The number of imidazole rings is 1. The fourth-order valence-electron chi connectivity index (χ4n) is 1.30. The topological polar surface area (TPSA) is 61.8 Å². The molecule has 0 aliphatic rings. The van der Waals surface area contributed by atoms with E-state index in [1.165, 1.54) is 0 Å². The molecule has 0 saturated heterocycles. The number of pyridine rings is 1. The number of aromatic amines is 1. The third kappa shape index (κ3) is 2.36. The molecule has 0 spiro atoms. The standard InChI is InChI=1S/C9H7NO.C3H4N2/c11-8-5-1-3-7-4-2-6-10-9(7)8;1-2-5-3-4-1/h1-6,11H;1-3H,(H,4,5). The molecule has 0 saturated carbocycles. The first-order valence-corrected chi connectivity index (χ1v) is 4.83. The van der Waals surface area contributed by atoms with Crippen molar-refractivity contribution in [3.8, 4) is 5.75 Å². The summed E-state index contributed by atoms with van der Waals surface area (Å²) in [4.78, 5) is 10.4. The van der Waals surface area contributed by atoms with Crippen molar-refractivity contribution < 1.29 is 5.11 Å². The zero-order chi connectivity index (χ0) is 11.2. The lowest BCUT2D eigenvalue weighted by Crippen LogP contribution is -1.76. The lowest BCUT2D eigenvalue weighted by Gasteiger charge is -1.96. The molecule has 0 atom stereocenters. The molecule has 1 aromatic carbocycles. The molecule has 3 rings (SSSR count). The summed E-state index contributed by atoms with van der Waals surface area (Å²) in [6.07, 6.45) is 6.75. The van der Waals surface area contributed by atoms with Crippen LogP contribution in [-0.2, 0) is 0 Å². The van der Waals surface area contributed by atoms with Gasteiger partial charge in [0.2, 0.25) is 0 Å². The van der Waals surface area contributed by atoms with Crippen molar-refractivity contribution in [1.29, 1.82) is 0 Å². The Labute approximate surface area is 92.6 Å². The fraction of sp³-hybridized carbons (Fsp3) is 0. The van der Waals surface area contributed by atoms with Crippen molar-refractivity contribution >= 4 is 10.9 Å². The van der Waals surface area contributed by atoms with Crippen molar-refractivity contribution in [2.45, 2.75) is 0 Å². The Morgan fingerprint density at radius 1 is 1.06 bits per heavy atom. The predicted molar refractivity (Wildman–Crippen MR) is 62.0 cm³/mol. The number of phenolic OH excluding ortho intramolecular Hbond substituents is 1. The number of hydrogen-bond donors (Lipinski definition) is 2. The normalized spacial score (nSPS) is 9.50. The fourth-order valence-corrected chi connectivity index (χ4v) is 1.30. The summed E-state index contributed by atoms with van der Waals surface area (Å²) in [5.74, 6) is 0.239. The summed E-state index contributed by atoms with van der Waals surface area (Å²) in [6, 6.07) is 9.13. The van der Waals surface area contributed by atoms with Crippen LogP contribution in [0, 0.1) is 0 Å². The number of aromatic nitrogens is 3. The van der Waals surface area contributed by atoms with Crippen LogP contribution >= 0.6 is 0 Å². The van der Waals surface area contributed by atoms with E-state index in [2.05, 4.69) is 15.0 Å². The van der Waals surface area contributed by atoms with Gasteiger partial charge in [0.05, 0.1) is 6.33 Å². The molecular formula is C12H11N3O. The number of rotatable bonds is 0. The van der Waals surface area contributed by atoms with E-state index >= 15 is 0 Å². The molecule has 0 aliphatic carbocycles. The zero-order valence-electron chi connectivity index (χ0n) is 8.54. The van der Waals surface area contributed by atoms with Gasteiger partial charge in [-0.3, -0.25) is 4.98 Å². The summed E-state index contributed by atoms with van der Waals surface area (Å²) >= 11 is 0. The van der Waals surface area contributed by atoms with Gasteiger partial charge >= 0.3 is 0 Å². The molecule has 3 aromatic rings. The maximum Gasteiger partial charge on any atom is 0.141 e. The second kappa shape index (κ2) is 4.93. The molecule has 0 radical (unpaired) electrons. The van der Waals surface area contributed by atoms with Crippen molar-refractivity contribution in [2.24, 2.45) is 0 Å². The summed E-state index contributed by atoms with van der Waals surface area (Å²) < 4.78 is 0. The quantitative estimate of drug-likeness (QED) is 0.602. The van der Waals surface area contributed by atoms with Crippen molar-refractivity contribution in [3.05, 3.63) is 55.2 Å². The van der Waals surface area contributed by atoms with Gasteiger partial charge in [-0.1, -0.05) is 18.2 Å². The molecule has 80 valence electrons. The first-order valence-electron chi connectivity index (χ1n) is 4.83. The van der Waals surface area contributed by atoms with E-state index in [1.807, 2.05) is 18.2 Å². The van der Waals surface area contributed by atoms with E-state index in [4.69, 9.17) is 0 Å². The predicted octanol–water partition coefficient (Wildman–Crippen LogP) is 2.35. The summed E-state index contributed by atoms with van der Waals surface area (Å²) in [6.45, 7) is 0. The van der Waals surface area contributed by atoms with Crippen LogP contribution in [-0.4, -0.2) is 20.1 Å². The number of phenols is 1. The third-order valence-electron chi connectivity index (χ3n) is 2.02. The van der Waals surface area contributed by atoms with E-state index in [1.54, 1.807) is 37.1 Å². The molecule has 0 amide bonds. The van der Waals surface area contributed by atoms with Crippen molar-refractivity contribution in [1.82, 2.24) is 15.0 Å². The Bertz CT molecular complexity index is 526. The minimum atomic E-state index is 0.239. The Kier molecular flexibility index (Phi) is 3.13. The second-order valence-electron chi connectivity index (χ2n) is 3.11. The Balaban J connectivity index is 0.000000162. The first kappa shape index (κ1) is 10.2. The van der Waals surface area contributed by atoms with Gasteiger partial charge in [0.25, 0.3) is 0 Å². The summed E-state index contributed by atoms with van der Waals surface area (Å²) in [7, 11) is 0. The van der Waals surface area contributed by atoms with E-state index < -0.39 is 0 Å². The Morgan fingerprint density at radius 3 is 2.56 bits per heavy atom. The molecule has 0 unspecified atom stereocenters. The van der Waals surface area contributed by atoms with Gasteiger partial charge in [-0.05, 0) is 12.1 Å². The van der Waals surface area contributed by atoms with Gasteiger partial charge in [-0.2, -0.15) is 0 Å². The Morgan fingerprint density at radius 2 is 1.94 bits per heavy atom. The van der Waals surface area contributed by atoms with E-state index in [0.717, 1.165) is 5.39 Å². The maximum absolute atomic E-state index is 9.31. The molecular weight excluding hydrogens is 202 g/mol. The van der Waals surface area contributed by atoms with Crippen LogP contribution in [0.25, 0.3) is 10.9 Å². The summed E-state index contributed by atoms with van der Waals surface area (Å²) in [5, 5.41) is 10.3. The Hall–Kier alpha value is -2.36. The van der Waals surface area contributed by atoms with E-state index in [-0.39, 0.29) is 5.75 Å². The lowest BCUT2D eigenvalue weighted by atomic mass is 10.2. The maximum atomic E-state index is 9.31. The molecule has 0 fully saturated rings. The van der Waals surface area contributed by atoms with Crippen LogP contribution in [0.4, 0.5) is 0 Å². The molecule has 16 heavy (non-hydrogen) atoms. The highest BCUT2D eigenvalue weighted by Crippen LogP contribution is 2.20. The zero-order valence-corrected chi connectivity index (χ0v) is 8.54. The molecule has 4 heteroatoms. The number of nitrogens with zero attached hydrogens (tertiary/aromatic N) is 2. The van der Waals surface area contributed by atoms with Crippen LogP contribution in [0.1, 0.15) is 0 Å². The number of para-hydroxylation sites is 1. The van der Waals surface area contributed by atoms with Gasteiger partial charge in [0, 0.05) is 24.0 Å². The van der Waals surface area contributed by atoms with E-state index in [9.17, 15) is 5.11 Å². The number of H-pyrrole nitrogens is 1. The number of benzene rings is 1. The van der Waals surface area contributed by atoms with Crippen LogP contribution in [0.3, 0.4) is 0 Å². The van der Waals surface area contributed by atoms with Crippen molar-refractivity contribution in [3.63, 3.8) is 0 Å². The van der Waals surface area contributed by atoms with E-state index in [0.29, 0.717) is 5.52 Å². The summed E-state index contributed by atoms with van der Waals surface area (Å²) in [5.41, 5.74) is 0.662. The molecule has 2 N–H and O–H groups in total. The number of hydrogen-bond acceptors (Lipinski definition) is 3. The van der Waals surface area contributed by atoms with Crippen LogP contribution < -0.4 is 0 Å². The van der Waals surface area contributed by atoms with Crippen LogP contribution in [0.5, 0.6) is 5.75 Å². The molecule has 0 aliphatic heterocycles. The number of nitrogens with one attached hydrogen (secondary N) is 1. The van der Waals surface area contributed by atoms with Crippen LogP contribution in [0.2, 0.25) is 0 Å². The van der Waals surface area contributed by atoms with Crippen LogP contribution in [0.15, 0.2) is 55.2 Å². The van der Waals surface area contributed by atoms with Gasteiger partial charge in [-0.25, -0.2) is 4.98 Å². The first-order chi connectivity index (χ1) is 7.88. The molecule has 2 heterocycles. The molecule has 2 aromatic heterocycles. The largest absolute Gasteiger partial charge is 0.506 e. The minimum absolute atomic E-state index is 0.239. The van der Waals surface area contributed by atoms with Gasteiger partial charge in [-0.15, -0.1) is 0 Å². The number of fused-ring (bicyclic) bond motifs is 1. The molecule has 4 nitrogen and oxygen atoms in total. The molecule has 0 bridgehead atoms.